The van der Waals surface area contributed by atoms with Gasteiger partial charge in [-0.3, -0.25) is 14.4 Å². The van der Waals surface area contributed by atoms with Crippen molar-refractivity contribution in [2.75, 3.05) is 5.32 Å². The van der Waals surface area contributed by atoms with Crippen molar-refractivity contribution in [2.24, 2.45) is 11.3 Å². The molecule has 3 amide bonds. The van der Waals surface area contributed by atoms with Gasteiger partial charge in [0.25, 0.3) is 0 Å². The summed E-state index contributed by atoms with van der Waals surface area (Å²) in [6.07, 6.45) is -0.144. The quantitative estimate of drug-likeness (QED) is 0.154. The Balaban J connectivity index is 1.41. The molecule has 0 saturated carbocycles. The molecule has 0 unspecified atom stereocenters. The van der Waals surface area contributed by atoms with Crippen molar-refractivity contribution in [3.05, 3.63) is 125 Å². The highest BCUT2D eigenvalue weighted by atomic mass is 16.5. The maximum Gasteiger partial charge on any atom is 0.360 e. The van der Waals surface area contributed by atoms with Gasteiger partial charge in [0, 0.05) is 17.7 Å². The third-order valence-corrected chi connectivity index (χ3v) is 9.77. The van der Waals surface area contributed by atoms with Crippen molar-refractivity contribution in [2.45, 2.75) is 71.2 Å². The van der Waals surface area contributed by atoms with Gasteiger partial charge in [0.15, 0.2) is 22.6 Å². The minimum atomic E-state index is -1.64. The normalized spacial score (nSPS) is 20.0. The molecular formula is C41H41N5O8. The molecule has 0 fully saturated rings. The number of amides is 3. The smallest absolute Gasteiger partial charge is 0.360 e. The largest absolute Gasteiger partial charge is 0.456 e. The van der Waals surface area contributed by atoms with Crippen molar-refractivity contribution >= 4 is 29.4 Å². The van der Waals surface area contributed by atoms with Crippen LogP contribution in [0.15, 0.2) is 94.0 Å². The molecule has 3 aromatic carbocycles. The maximum absolute atomic E-state index is 14.7. The molecule has 54 heavy (non-hydrogen) atoms. The molecule has 4 N–H and O–H groups in total. The number of nitrogens with one attached hydrogen (secondary N) is 3. The van der Waals surface area contributed by atoms with Crippen LogP contribution in [0.5, 0.6) is 0 Å². The monoisotopic (exact) mass is 731 g/mol. The number of nitrogens with zero attached hydrogens (tertiary/aromatic N) is 2. The number of hydrogen-bond acceptors (Lipinski definition) is 10. The molecule has 0 saturated heterocycles. The standard InChI is InChI=1S/C41H41N5O8/c1-22(2)31(47)35(49)42-28-19-24-16-17-27-26(18-24)41(39(51)44-27,25-14-10-7-11-15-25)33-30(45-37(54-33)32(40(3,4)5)46-34(28)48)36-43-29(21-52-36)38(50)53-20-23-12-8-6-9-13-23/h6-18,21-22,28,31-32,47H,19-20H2,1-5H3,(H,42,49)(H,44,51)(H,46,48)/t28-,31-,32+,41-/m0/s1. The Bertz CT molecular complexity index is 2220. The summed E-state index contributed by atoms with van der Waals surface area (Å²) in [6.45, 7) is 9.07. The number of aliphatic hydroxyl groups excluding tert-OH is 1. The van der Waals surface area contributed by atoms with Crippen LogP contribution in [0.4, 0.5) is 5.69 Å². The third-order valence-electron chi connectivity index (χ3n) is 9.77. The first-order chi connectivity index (χ1) is 25.8. The first-order valence-corrected chi connectivity index (χ1v) is 17.7. The van der Waals surface area contributed by atoms with Gasteiger partial charge >= 0.3 is 5.97 Å². The molecule has 13 nitrogen and oxygen atoms in total. The number of hydrogen-bond donors (Lipinski definition) is 4. The zero-order chi connectivity index (χ0) is 38.4. The van der Waals surface area contributed by atoms with E-state index in [0.29, 0.717) is 22.4 Å². The second kappa shape index (κ2) is 14.0. The maximum atomic E-state index is 14.7. The predicted molar refractivity (Wildman–Crippen MR) is 196 cm³/mol. The van der Waals surface area contributed by atoms with Crippen LogP contribution < -0.4 is 16.0 Å². The molecule has 0 radical (unpaired) electrons. The molecule has 5 aromatic rings. The van der Waals surface area contributed by atoms with Gasteiger partial charge in [0.05, 0.1) is 0 Å². The fraction of sp³-hybridized carbons (Fsp3) is 0.317. The molecule has 0 aliphatic carbocycles. The van der Waals surface area contributed by atoms with Crippen molar-refractivity contribution in [3.8, 4) is 11.6 Å². The van der Waals surface area contributed by atoms with E-state index in [1.54, 1.807) is 44.2 Å². The average Bonchev–Trinajstić information content (AvgIpc) is 3.88. The van der Waals surface area contributed by atoms with Gasteiger partial charge in [-0.25, -0.2) is 14.8 Å². The predicted octanol–water partition coefficient (Wildman–Crippen LogP) is 5.23. The molecule has 4 heterocycles. The highest BCUT2D eigenvalue weighted by molar-refractivity contribution is 6.11. The van der Waals surface area contributed by atoms with E-state index in [1.807, 2.05) is 69.3 Å². The fourth-order valence-corrected chi connectivity index (χ4v) is 6.84. The number of fused-ring (bicyclic) bond motifs is 4. The molecule has 278 valence electrons. The van der Waals surface area contributed by atoms with Crippen molar-refractivity contribution in [1.82, 2.24) is 20.6 Å². The lowest BCUT2D eigenvalue weighted by Crippen LogP contribution is -2.53. The Morgan fingerprint density at radius 3 is 2.41 bits per heavy atom. The Morgan fingerprint density at radius 1 is 1.02 bits per heavy atom. The molecule has 2 aliphatic rings. The summed E-state index contributed by atoms with van der Waals surface area (Å²) in [6, 6.07) is 21.5. The number of benzene rings is 3. The molecular weight excluding hydrogens is 690 g/mol. The molecule has 13 heteroatoms. The van der Waals surface area contributed by atoms with Crippen molar-refractivity contribution in [1.29, 1.82) is 0 Å². The first-order valence-electron chi connectivity index (χ1n) is 17.7. The summed E-state index contributed by atoms with van der Waals surface area (Å²) in [5.41, 5.74) is 0.515. The van der Waals surface area contributed by atoms with Crippen LogP contribution in [0.3, 0.4) is 0 Å². The number of aromatic nitrogens is 2. The van der Waals surface area contributed by atoms with Gasteiger partial charge in [0.1, 0.15) is 31.1 Å². The van der Waals surface area contributed by atoms with E-state index >= 15 is 0 Å². The summed E-state index contributed by atoms with van der Waals surface area (Å²) in [5, 5.41) is 19.4. The van der Waals surface area contributed by atoms with E-state index in [0.717, 1.165) is 11.8 Å². The van der Waals surface area contributed by atoms with E-state index in [9.17, 15) is 24.3 Å². The number of anilines is 1. The zero-order valence-electron chi connectivity index (χ0n) is 30.5. The zero-order valence-corrected chi connectivity index (χ0v) is 30.5. The van der Waals surface area contributed by atoms with E-state index < -0.39 is 58.6 Å². The van der Waals surface area contributed by atoms with Crippen LogP contribution in [0.25, 0.3) is 11.6 Å². The summed E-state index contributed by atoms with van der Waals surface area (Å²) in [4.78, 5) is 64.5. The summed E-state index contributed by atoms with van der Waals surface area (Å²) < 4.78 is 18.1. The van der Waals surface area contributed by atoms with Gasteiger partial charge in [-0.1, -0.05) is 107 Å². The number of oxazole rings is 2. The topological polar surface area (TPSA) is 186 Å². The summed E-state index contributed by atoms with van der Waals surface area (Å²) in [5.74, 6) is -2.79. The lowest BCUT2D eigenvalue weighted by atomic mass is 9.72. The number of carbonyl (C=O) groups excluding carboxylic acids is 4. The second-order valence-corrected chi connectivity index (χ2v) is 15.0. The summed E-state index contributed by atoms with van der Waals surface area (Å²) in [7, 11) is 0. The number of rotatable bonds is 8. The lowest BCUT2D eigenvalue weighted by Gasteiger charge is -2.32. The SMILES string of the molecule is CC(C)[C@H](O)C(=O)N[C@H]1Cc2ccc3c(c2)[C@](c2ccccc2)(C(=O)N3)c2oc(nc2-c2nc(C(=O)OCc3ccccc3)co2)[C@H](C(C)(C)C)NC1=O. The van der Waals surface area contributed by atoms with Crippen LogP contribution in [-0.4, -0.2) is 50.9 Å². The minimum Gasteiger partial charge on any atom is -0.456 e. The van der Waals surface area contributed by atoms with Crippen LogP contribution >= 0.6 is 0 Å². The highest BCUT2D eigenvalue weighted by Gasteiger charge is 2.55. The Hall–Kier alpha value is -6.08. The molecule has 4 atom stereocenters. The molecule has 4 bridgehead atoms. The van der Waals surface area contributed by atoms with Crippen LogP contribution in [0, 0.1) is 11.3 Å². The molecule has 2 aliphatic heterocycles. The Morgan fingerprint density at radius 2 is 1.72 bits per heavy atom. The molecule has 2 aromatic heterocycles. The van der Waals surface area contributed by atoms with Gasteiger partial charge in [0.2, 0.25) is 29.5 Å². The van der Waals surface area contributed by atoms with Crippen LogP contribution in [0.1, 0.15) is 85.1 Å². The number of aliphatic hydroxyl groups is 1. The fourth-order valence-electron chi connectivity index (χ4n) is 6.84. The lowest BCUT2D eigenvalue weighted by molar-refractivity contribution is -0.136. The van der Waals surface area contributed by atoms with E-state index in [4.69, 9.17) is 18.6 Å². The number of ether oxygens (including phenoxy) is 1. The third kappa shape index (κ3) is 6.55. The number of esters is 1. The molecule has 7 rings (SSSR count). The second-order valence-electron chi connectivity index (χ2n) is 15.0. The van der Waals surface area contributed by atoms with Gasteiger partial charge in [-0.2, -0.15) is 0 Å². The molecule has 0 spiro atoms. The van der Waals surface area contributed by atoms with Gasteiger partial charge in [-0.05, 0) is 34.1 Å². The van der Waals surface area contributed by atoms with Gasteiger partial charge in [-0.15, -0.1) is 0 Å². The van der Waals surface area contributed by atoms with Crippen molar-refractivity contribution < 1.29 is 37.9 Å². The summed E-state index contributed by atoms with van der Waals surface area (Å²) >= 11 is 0. The van der Waals surface area contributed by atoms with Crippen molar-refractivity contribution in [3.63, 3.8) is 0 Å². The van der Waals surface area contributed by atoms with E-state index in [1.165, 1.54) is 0 Å². The average molecular weight is 732 g/mol. The van der Waals surface area contributed by atoms with E-state index in [-0.39, 0.29) is 42.0 Å². The highest BCUT2D eigenvalue weighted by Crippen LogP contribution is 2.52. The Labute approximate surface area is 311 Å². The van der Waals surface area contributed by atoms with Gasteiger partial charge < -0.3 is 34.6 Å². The van der Waals surface area contributed by atoms with E-state index in [2.05, 4.69) is 20.9 Å². The van der Waals surface area contributed by atoms with Crippen LogP contribution in [0.2, 0.25) is 0 Å². The van der Waals surface area contributed by atoms with Crippen LogP contribution in [-0.2, 0) is 37.6 Å². The first kappa shape index (κ1) is 36.3. The Kier molecular flexibility index (Phi) is 9.44. The minimum absolute atomic E-state index is 0.0163. The number of carbonyl (C=O) groups is 4.